The molecule has 3 aliphatic carbocycles. The largest absolute Gasteiger partial charge is 0.416 e. The van der Waals surface area contributed by atoms with Crippen LogP contribution in [0.2, 0.25) is 0 Å². The topological polar surface area (TPSA) is 97.0 Å². The highest BCUT2D eigenvalue weighted by Crippen LogP contribution is 2.45. The van der Waals surface area contributed by atoms with Gasteiger partial charge >= 0.3 is 18.5 Å². The summed E-state index contributed by atoms with van der Waals surface area (Å²) >= 11 is 6.68. The summed E-state index contributed by atoms with van der Waals surface area (Å²) in [6, 6.07) is 61.4. The van der Waals surface area contributed by atoms with Crippen LogP contribution in [0.5, 0.6) is 0 Å². The molecule has 508 valence electrons. The quantitative estimate of drug-likeness (QED) is 0.0833. The second-order valence-corrected chi connectivity index (χ2v) is 29.1. The van der Waals surface area contributed by atoms with E-state index in [1.54, 1.807) is 14.7 Å². The molecular weight excluding hydrogens is 1620 g/mol. The molecule has 9 aromatic carbocycles. The number of carbonyl (C=O) groups excluding carboxylic acids is 3. The molecule has 0 spiro atoms. The molecule has 15 rings (SSSR count). The van der Waals surface area contributed by atoms with Crippen LogP contribution in [-0.4, -0.2) is 29.8 Å². The average Bonchev–Trinajstić information content (AvgIpc) is 1.65. The highest BCUT2D eigenvalue weighted by Gasteiger charge is 2.46. The van der Waals surface area contributed by atoms with Gasteiger partial charge in [-0.05, 0) is 284 Å². The van der Waals surface area contributed by atoms with Gasteiger partial charge in [-0.3, -0.25) is 29.9 Å². The third kappa shape index (κ3) is 15.4. The lowest BCUT2D eigenvalue weighted by Crippen LogP contribution is -2.40. The first kappa shape index (κ1) is 69.9. The molecule has 0 saturated carbocycles. The van der Waals surface area contributed by atoms with Gasteiger partial charge in [0.1, 0.15) is 0 Å². The van der Waals surface area contributed by atoms with Gasteiger partial charge in [-0.15, -0.1) is 0 Å². The van der Waals surface area contributed by atoms with Crippen LogP contribution >= 0.6 is 67.8 Å². The Bertz CT molecular complexity index is 4230. The van der Waals surface area contributed by atoms with Gasteiger partial charge in [0.05, 0.1) is 58.6 Å². The minimum atomic E-state index is -4.43. The number of benzene rings is 9. The summed E-state index contributed by atoms with van der Waals surface area (Å²) in [7, 11) is 0. The molecule has 9 aromatic rings. The number of anilines is 3. The number of hydrogen-bond acceptors (Lipinski definition) is 6. The van der Waals surface area contributed by atoms with Gasteiger partial charge in [-0.25, -0.2) is 0 Å². The molecule has 0 aromatic heterocycles. The van der Waals surface area contributed by atoms with Crippen molar-refractivity contribution in [1.82, 2.24) is 16.0 Å². The predicted octanol–water partition coefficient (Wildman–Crippen LogP) is 19.4. The van der Waals surface area contributed by atoms with Gasteiger partial charge < -0.3 is 15.1 Å². The number of aryl methyl sites for hydroxylation is 3. The first-order chi connectivity index (χ1) is 47.4. The Morgan fingerprint density at radius 3 is 1.07 bits per heavy atom. The van der Waals surface area contributed by atoms with E-state index in [1.807, 2.05) is 115 Å². The Labute approximate surface area is 608 Å². The lowest BCUT2D eigenvalue weighted by molar-refractivity contribution is -0.138. The van der Waals surface area contributed by atoms with Crippen molar-refractivity contribution < 1.29 is 53.9 Å². The van der Waals surface area contributed by atoms with Gasteiger partial charge in [-0.1, -0.05) is 109 Å². The van der Waals surface area contributed by atoms with Crippen molar-refractivity contribution in [2.24, 2.45) is 0 Å². The molecule has 6 aliphatic rings. The Morgan fingerprint density at radius 1 is 0.364 bits per heavy atom. The Hall–Kier alpha value is -7.59. The molecule has 9 nitrogen and oxygen atoms in total. The molecule has 3 aliphatic heterocycles. The molecule has 3 heterocycles. The van der Waals surface area contributed by atoms with Gasteiger partial charge in [-0.2, -0.15) is 39.5 Å². The molecule has 0 unspecified atom stereocenters. The summed E-state index contributed by atoms with van der Waals surface area (Å²) in [5.41, 5.74) is 10.0. The number of nitrogens with one attached hydrogen (secondary N) is 3. The Balaban J connectivity index is 0.000000133. The third-order valence-electron chi connectivity index (χ3n) is 19.3. The number of halogens is 12. The monoisotopic (exact) mass is 1680 g/mol. The number of alkyl halides is 9. The van der Waals surface area contributed by atoms with Crippen LogP contribution in [0.15, 0.2) is 230 Å². The van der Waals surface area contributed by atoms with Crippen molar-refractivity contribution in [1.29, 1.82) is 0 Å². The molecule has 0 radical (unpaired) electrons. The van der Waals surface area contributed by atoms with E-state index >= 15 is 0 Å². The summed E-state index contributed by atoms with van der Waals surface area (Å²) in [6.45, 7) is 0. The second kappa shape index (κ2) is 29.2. The molecule has 21 heteroatoms. The zero-order chi connectivity index (χ0) is 69.5. The summed E-state index contributed by atoms with van der Waals surface area (Å²) in [6.07, 6.45) is -4.64. The lowest BCUT2D eigenvalue weighted by atomic mass is 10.0. The number of hydrogen-bond donors (Lipinski definition) is 3. The maximum Gasteiger partial charge on any atom is 0.416 e. The van der Waals surface area contributed by atoms with Crippen molar-refractivity contribution in [3.05, 3.63) is 308 Å². The van der Waals surface area contributed by atoms with Crippen LogP contribution in [0.4, 0.5) is 56.6 Å². The van der Waals surface area contributed by atoms with E-state index in [0.717, 1.165) is 102 Å². The smallest absolute Gasteiger partial charge is 0.374 e. The van der Waals surface area contributed by atoms with Crippen molar-refractivity contribution in [3.63, 3.8) is 0 Å². The van der Waals surface area contributed by atoms with E-state index < -0.39 is 53.3 Å². The van der Waals surface area contributed by atoms with Crippen LogP contribution < -0.4 is 30.7 Å². The number of amides is 3. The highest BCUT2D eigenvalue weighted by atomic mass is 127. The summed E-state index contributed by atoms with van der Waals surface area (Å²) in [5, 5.41) is 10.5. The molecule has 0 bridgehead atoms. The molecule has 3 N–H and O–H groups in total. The first-order valence-electron chi connectivity index (χ1n) is 32.4. The van der Waals surface area contributed by atoms with Gasteiger partial charge in [0.25, 0.3) is 5.91 Å². The van der Waals surface area contributed by atoms with Crippen LogP contribution in [0.1, 0.15) is 135 Å². The maximum atomic E-state index is 13.6. The Kier molecular flexibility index (Phi) is 20.6. The standard InChI is InChI=1S/2C26H22F3IN2O.C26H20F3IN2O/c3*27-26(28,29)18-9-11-20(12-10-18)32-24(17-5-3-6-19(30)14-17)15-23(25(32)33)31-22-13-8-16-4-1-2-7-21(16)22/h2*1-7,9-12,14,22-24,31H,8,13,15H2;1-7,9-12,14-15,22,24,31H,8,13H2/t22-,23+,24+;22-,23-,24+;22-,24+/m111/s1. The van der Waals surface area contributed by atoms with Crippen LogP contribution in [-0.2, 0) is 52.2 Å². The van der Waals surface area contributed by atoms with E-state index in [2.05, 4.69) is 120 Å². The first-order valence-corrected chi connectivity index (χ1v) is 35.7. The zero-order valence-electron chi connectivity index (χ0n) is 52.7. The number of carbonyl (C=O) groups is 3. The molecule has 3 amide bonds. The summed E-state index contributed by atoms with van der Waals surface area (Å²) in [5.74, 6) is -0.464. The summed E-state index contributed by atoms with van der Waals surface area (Å²) < 4.78 is 121. The van der Waals surface area contributed by atoms with E-state index in [1.165, 1.54) is 69.8 Å². The molecule has 99 heavy (non-hydrogen) atoms. The fourth-order valence-electron chi connectivity index (χ4n) is 14.6. The predicted molar refractivity (Wildman–Crippen MR) is 389 cm³/mol. The van der Waals surface area contributed by atoms with Crippen molar-refractivity contribution >= 4 is 103 Å². The molecular formula is C78H64F9I3N6O3. The highest BCUT2D eigenvalue weighted by molar-refractivity contribution is 14.1. The van der Waals surface area contributed by atoms with Crippen molar-refractivity contribution in [2.45, 2.75) is 118 Å². The van der Waals surface area contributed by atoms with Crippen molar-refractivity contribution in [3.8, 4) is 0 Å². The van der Waals surface area contributed by atoms with E-state index in [-0.39, 0.29) is 47.9 Å². The molecule has 2 fully saturated rings. The number of rotatable bonds is 12. The van der Waals surface area contributed by atoms with E-state index in [0.29, 0.717) is 35.6 Å². The van der Waals surface area contributed by atoms with Crippen LogP contribution in [0.3, 0.4) is 0 Å². The van der Waals surface area contributed by atoms with Gasteiger partial charge in [0, 0.05) is 39.9 Å². The zero-order valence-corrected chi connectivity index (χ0v) is 59.2. The minimum Gasteiger partial charge on any atom is -0.374 e. The minimum absolute atomic E-state index is 0.0283. The van der Waals surface area contributed by atoms with Gasteiger partial charge in [0.15, 0.2) is 0 Å². The van der Waals surface area contributed by atoms with Crippen LogP contribution in [0, 0.1) is 10.7 Å². The molecule has 8 atom stereocenters. The van der Waals surface area contributed by atoms with E-state index in [4.69, 9.17) is 0 Å². The van der Waals surface area contributed by atoms with E-state index in [9.17, 15) is 53.9 Å². The SMILES string of the molecule is O=C1C(N[C@@H]2CCc3ccccc32)=C[C@@H](c2cccc(I)c2)N1c1ccc(C(F)(F)F)cc1.O=C1[C@@H](N[C@@H]2CCc3ccccc32)C[C@@H](c2cccc(I)c2)N1c1ccc(C(F)(F)F)cc1.O=C1[C@H](N[C@@H]2CCc3ccccc32)C[C@@H](c2cccc(I)c2)N1c1ccc(C(F)(F)F)cc1. The third-order valence-corrected chi connectivity index (χ3v) is 21.3. The maximum absolute atomic E-state index is 13.6. The number of fused-ring (bicyclic) bond motifs is 3. The average molecular weight is 1690 g/mol. The number of nitrogens with zero attached hydrogens (tertiary/aromatic N) is 3. The fraction of sp³-hybridized carbons (Fsp3) is 0.244. The Morgan fingerprint density at radius 2 is 0.697 bits per heavy atom. The fourth-order valence-corrected chi connectivity index (χ4v) is 16.3. The van der Waals surface area contributed by atoms with Gasteiger partial charge in [0.2, 0.25) is 11.8 Å². The normalized spacial score (nSPS) is 21.8. The van der Waals surface area contributed by atoms with Crippen molar-refractivity contribution in [2.75, 3.05) is 14.7 Å². The summed E-state index contributed by atoms with van der Waals surface area (Å²) in [4.78, 5) is 45.6. The van der Waals surface area contributed by atoms with Crippen LogP contribution in [0.25, 0.3) is 0 Å². The second-order valence-electron chi connectivity index (χ2n) is 25.4. The molecule has 2 saturated heterocycles. The lowest BCUT2D eigenvalue weighted by Gasteiger charge is -2.26.